The van der Waals surface area contributed by atoms with Gasteiger partial charge >= 0.3 is 12.0 Å². The highest BCUT2D eigenvalue weighted by Crippen LogP contribution is 2.20. The zero-order valence-corrected chi connectivity index (χ0v) is 14.6. The van der Waals surface area contributed by atoms with Crippen LogP contribution < -0.4 is 11.1 Å². The van der Waals surface area contributed by atoms with E-state index in [-0.39, 0.29) is 12.0 Å². The van der Waals surface area contributed by atoms with Crippen molar-refractivity contribution in [1.82, 2.24) is 5.32 Å². The van der Waals surface area contributed by atoms with Crippen LogP contribution in [0.5, 0.6) is 0 Å². The summed E-state index contributed by atoms with van der Waals surface area (Å²) in [6.45, 7) is -0.659. The molecule has 9 heteroatoms. The van der Waals surface area contributed by atoms with Crippen LogP contribution in [-0.4, -0.2) is 24.4 Å². The molecule has 2 aromatic rings. The summed E-state index contributed by atoms with van der Waals surface area (Å²) in [5.41, 5.74) is 5.54. The van der Waals surface area contributed by atoms with Gasteiger partial charge in [0, 0.05) is 10.6 Å². The van der Waals surface area contributed by atoms with E-state index < -0.39 is 42.1 Å². The molecule has 0 aliphatic rings. The Morgan fingerprint density at radius 2 is 1.74 bits per heavy atom. The molecule has 142 valence electrons. The number of ether oxygens (including phenoxy) is 1. The molecule has 0 bridgehead atoms. The number of amides is 2. The fourth-order valence-corrected chi connectivity index (χ4v) is 2.37. The molecule has 6 nitrogen and oxygen atoms in total. The minimum absolute atomic E-state index is 0.133. The summed E-state index contributed by atoms with van der Waals surface area (Å²) in [5, 5.41) is 2.87. The van der Waals surface area contributed by atoms with Gasteiger partial charge in [-0.1, -0.05) is 23.7 Å². The molecule has 0 radical (unpaired) electrons. The minimum atomic E-state index is -1.18. The van der Waals surface area contributed by atoms with Crippen molar-refractivity contribution >= 4 is 29.4 Å². The first-order valence-electron chi connectivity index (χ1n) is 7.71. The molecule has 2 rings (SSSR count). The van der Waals surface area contributed by atoms with Gasteiger partial charge in [0.05, 0.1) is 12.5 Å². The molecule has 0 saturated carbocycles. The van der Waals surface area contributed by atoms with Crippen LogP contribution in [0, 0.1) is 11.6 Å². The highest BCUT2D eigenvalue weighted by atomic mass is 35.5. The number of rotatable bonds is 7. The number of esters is 1. The van der Waals surface area contributed by atoms with Crippen molar-refractivity contribution in [2.45, 2.75) is 12.5 Å². The summed E-state index contributed by atoms with van der Waals surface area (Å²) in [5.74, 6) is -3.76. The van der Waals surface area contributed by atoms with Gasteiger partial charge in [-0.2, -0.15) is 0 Å². The standard InChI is InChI=1S/C18H15ClF2N2O4/c19-12-4-1-10(2-5-12)15(23-18(22)26)8-17(25)27-9-16(24)11-3-6-13(20)14(21)7-11/h1-7,15H,8-9H2,(H3,22,23,26)/t15-/m0/s1. The zero-order chi connectivity index (χ0) is 20.0. The number of benzene rings is 2. The highest BCUT2D eigenvalue weighted by Gasteiger charge is 2.20. The molecule has 27 heavy (non-hydrogen) atoms. The van der Waals surface area contributed by atoms with E-state index in [4.69, 9.17) is 22.1 Å². The Bertz CT molecular complexity index is 859. The molecule has 0 aromatic heterocycles. The Morgan fingerprint density at radius 3 is 2.33 bits per heavy atom. The lowest BCUT2D eigenvalue weighted by Gasteiger charge is -2.17. The predicted molar refractivity (Wildman–Crippen MR) is 93.2 cm³/mol. The van der Waals surface area contributed by atoms with Gasteiger partial charge in [-0.3, -0.25) is 9.59 Å². The summed E-state index contributed by atoms with van der Waals surface area (Å²) in [6, 6.07) is 7.32. The first-order valence-corrected chi connectivity index (χ1v) is 8.09. The van der Waals surface area contributed by atoms with Gasteiger partial charge in [0.2, 0.25) is 0 Å². The minimum Gasteiger partial charge on any atom is -0.457 e. The van der Waals surface area contributed by atoms with E-state index in [1.54, 1.807) is 24.3 Å². The molecular weight excluding hydrogens is 382 g/mol. The lowest BCUT2D eigenvalue weighted by Crippen LogP contribution is -2.34. The van der Waals surface area contributed by atoms with Crippen LogP contribution >= 0.6 is 11.6 Å². The number of halogens is 3. The van der Waals surface area contributed by atoms with E-state index in [1.165, 1.54) is 0 Å². The van der Waals surface area contributed by atoms with E-state index in [2.05, 4.69) is 5.32 Å². The monoisotopic (exact) mass is 396 g/mol. The fourth-order valence-electron chi connectivity index (χ4n) is 2.24. The molecule has 0 saturated heterocycles. The van der Waals surface area contributed by atoms with Crippen LogP contribution in [0.3, 0.4) is 0 Å². The molecule has 2 amide bonds. The second-order valence-corrected chi connectivity index (χ2v) is 5.97. The second kappa shape index (κ2) is 9.09. The number of hydrogen-bond acceptors (Lipinski definition) is 4. The lowest BCUT2D eigenvalue weighted by atomic mass is 10.0. The zero-order valence-electron chi connectivity index (χ0n) is 13.9. The van der Waals surface area contributed by atoms with Crippen LogP contribution in [0.1, 0.15) is 28.4 Å². The number of nitrogens with one attached hydrogen (secondary N) is 1. The van der Waals surface area contributed by atoms with Crippen LogP contribution in [-0.2, 0) is 9.53 Å². The summed E-state index contributed by atoms with van der Waals surface area (Å²) in [4.78, 5) is 35.1. The van der Waals surface area contributed by atoms with E-state index in [0.29, 0.717) is 10.6 Å². The molecule has 0 aliphatic heterocycles. The molecule has 0 fully saturated rings. The Kier molecular flexibility index (Phi) is 6.84. The van der Waals surface area contributed by atoms with E-state index in [0.717, 1.165) is 18.2 Å². The van der Waals surface area contributed by atoms with Gasteiger partial charge in [-0.15, -0.1) is 0 Å². The molecule has 0 heterocycles. The first kappa shape index (κ1) is 20.3. The normalized spacial score (nSPS) is 11.5. The number of nitrogens with two attached hydrogens (primary N) is 1. The molecule has 1 atom stereocenters. The number of carbonyl (C=O) groups is 3. The smallest absolute Gasteiger partial charge is 0.312 e. The molecule has 3 N–H and O–H groups in total. The van der Waals surface area contributed by atoms with E-state index in [1.807, 2.05) is 0 Å². The summed E-state index contributed by atoms with van der Waals surface area (Å²) >= 11 is 5.80. The number of Topliss-reactive ketones (excluding diaryl/α,β-unsaturated/α-hetero) is 1. The van der Waals surface area contributed by atoms with Gasteiger partial charge in [-0.05, 0) is 35.9 Å². The number of hydrogen-bond donors (Lipinski definition) is 2. The van der Waals surface area contributed by atoms with Crippen LogP contribution in [0.2, 0.25) is 5.02 Å². The van der Waals surface area contributed by atoms with Gasteiger partial charge in [0.15, 0.2) is 24.0 Å². The van der Waals surface area contributed by atoms with Crippen molar-refractivity contribution in [3.63, 3.8) is 0 Å². The molecule has 0 aliphatic carbocycles. The first-order chi connectivity index (χ1) is 12.8. The van der Waals surface area contributed by atoms with Crippen molar-refractivity contribution < 1.29 is 27.9 Å². The largest absolute Gasteiger partial charge is 0.457 e. The van der Waals surface area contributed by atoms with Crippen LogP contribution in [0.4, 0.5) is 13.6 Å². The summed E-state index contributed by atoms with van der Waals surface area (Å²) < 4.78 is 30.9. The molecule has 0 unspecified atom stereocenters. The van der Waals surface area contributed by atoms with Crippen molar-refractivity contribution in [1.29, 1.82) is 0 Å². The Balaban J connectivity index is 1.98. The predicted octanol–water partition coefficient (Wildman–Crippen LogP) is 3.14. The molecular formula is C18H15ClF2N2O4. The second-order valence-electron chi connectivity index (χ2n) is 5.53. The average molecular weight is 397 g/mol. The Morgan fingerprint density at radius 1 is 1.07 bits per heavy atom. The molecule has 0 spiro atoms. The quantitative estimate of drug-likeness (QED) is 0.554. The van der Waals surface area contributed by atoms with Crippen molar-refractivity contribution in [3.8, 4) is 0 Å². The fraction of sp³-hybridized carbons (Fsp3) is 0.167. The SMILES string of the molecule is NC(=O)N[C@@H](CC(=O)OCC(=O)c1ccc(F)c(F)c1)c1ccc(Cl)cc1. The summed E-state index contributed by atoms with van der Waals surface area (Å²) in [6.07, 6.45) is -0.296. The number of carbonyl (C=O) groups excluding carboxylic acids is 3. The third-order valence-corrected chi connectivity index (χ3v) is 3.82. The highest BCUT2D eigenvalue weighted by molar-refractivity contribution is 6.30. The topological polar surface area (TPSA) is 98.5 Å². The van der Waals surface area contributed by atoms with Crippen molar-refractivity contribution in [3.05, 3.63) is 70.2 Å². The number of primary amides is 1. The maximum Gasteiger partial charge on any atom is 0.312 e. The average Bonchev–Trinajstić information content (AvgIpc) is 2.61. The lowest BCUT2D eigenvalue weighted by molar-refractivity contribution is -0.143. The maximum absolute atomic E-state index is 13.2. The third-order valence-electron chi connectivity index (χ3n) is 3.57. The van der Waals surface area contributed by atoms with Gasteiger partial charge in [-0.25, -0.2) is 13.6 Å². The number of ketones is 1. The van der Waals surface area contributed by atoms with Crippen LogP contribution in [0.25, 0.3) is 0 Å². The van der Waals surface area contributed by atoms with Crippen molar-refractivity contribution in [2.24, 2.45) is 5.73 Å². The summed E-state index contributed by atoms with van der Waals surface area (Å²) in [7, 11) is 0. The maximum atomic E-state index is 13.2. The van der Waals surface area contributed by atoms with Gasteiger partial charge in [0.25, 0.3) is 0 Å². The van der Waals surface area contributed by atoms with Gasteiger partial charge < -0.3 is 15.8 Å². The Labute approximate surface area is 158 Å². The van der Waals surface area contributed by atoms with E-state index >= 15 is 0 Å². The third kappa shape index (κ3) is 6.03. The van der Waals surface area contributed by atoms with Crippen molar-refractivity contribution in [2.75, 3.05) is 6.61 Å². The molecule has 2 aromatic carbocycles. The number of urea groups is 1. The van der Waals surface area contributed by atoms with Gasteiger partial charge in [0.1, 0.15) is 0 Å². The van der Waals surface area contributed by atoms with Crippen LogP contribution in [0.15, 0.2) is 42.5 Å². The Hall–Kier alpha value is -3.00. The van der Waals surface area contributed by atoms with E-state index in [9.17, 15) is 23.2 Å².